The van der Waals surface area contributed by atoms with Crippen molar-refractivity contribution in [1.29, 1.82) is 5.26 Å². The molecular weight excluding hydrogens is 326 g/mol. The zero-order chi connectivity index (χ0) is 18.1. The molecule has 0 radical (unpaired) electrons. The Labute approximate surface area is 150 Å². The van der Waals surface area contributed by atoms with E-state index in [0.29, 0.717) is 0 Å². The lowest BCUT2D eigenvalue weighted by molar-refractivity contribution is 0.556. The molecule has 0 amide bonds. The van der Waals surface area contributed by atoms with Gasteiger partial charge in [0.05, 0.1) is 17.9 Å². The second-order valence-electron chi connectivity index (χ2n) is 5.88. The predicted molar refractivity (Wildman–Crippen MR) is 101 cm³/mol. The number of imidazole rings is 1. The number of nitrogens with one attached hydrogen (secondary N) is 1. The highest BCUT2D eigenvalue weighted by atomic mass is 15.2. The molecule has 3 heterocycles. The van der Waals surface area contributed by atoms with Crippen molar-refractivity contribution < 1.29 is 0 Å². The molecule has 0 spiro atoms. The Bertz CT molecular complexity index is 1160. The van der Waals surface area contributed by atoms with E-state index in [2.05, 4.69) is 22.2 Å². The van der Waals surface area contributed by atoms with E-state index in [-0.39, 0.29) is 12.5 Å². The number of hydrogen-bond acceptors (Lipinski definition) is 3. The quantitative estimate of drug-likeness (QED) is 0.259. The van der Waals surface area contributed by atoms with E-state index in [4.69, 9.17) is 10.7 Å². The van der Waals surface area contributed by atoms with Crippen LogP contribution < -0.4 is 5.73 Å². The molecule has 4 rings (SSSR count). The second-order valence-corrected chi connectivity index (χ2v) is 5.88. The number of nitriles is 1. The van der Waals surface area contributed by atoms with Crippen molar-refractivity contribution in [3.63, 3.8) is 0 Å². The number of guanidine groups is 1. The van der Waals surface area contributed by atoms with Crippen molar-refractivity contribution in [3.05, 3.63) is 60.6 Å². The van der Waals surface area contributed by atoms with Crippen LogP contribution in [0.25, 0.3) is 27.8 Å². The summed E-state index contributed by atoms with van der Waals surface area (Å²) in [5.74, 6) is 0.164. The molecule has 26 heavy (non-hydrogen) atoms. The Kier molecular flexibility index (Phi) is 3.78. The first-order valence-corrected chi connectivity index (χ1v) is 8.14. The van der Waals surface area contributed by atoms with E-state index >= 15 is 0 Å². The zero-order valence-electron chi connectivity index (χ0n) is 14.2. The van der Waals surface area contributed by atoms with Crippen molar-refractivity contribution in [2.45, 2.75) is 6.54 Å². The van der Waals surface area contributed by atoms with Crippen LogP contribution in [0.15, 0.2) is 59.9 Å². The Hall–Kier alpha value is -3.79. The average Bonchev–Trinajstić information content (AvgIpc) is 3.28. The third-order valence-corrected chi connectivity index (χ3v) is 4.36. The lowest BCUT2D eigenvalue weighted by Gasteiger charge is -2.14. The molecule has 7 nitrogen and oxygen atoms in total. The highest BCUT2D eigenvalue weighted by Gasteiger charge is 2.18. The van der Waals surface area contributed by atoms with Gasteiger partial charge < -0.3 is 10.7 Å². The van der Waals surface area contributed by atoms with Crippen molar-refractivity contribution in [3.8, 4) is 17.5 Å². The number of nitrogens with two attached hydrogens (primary N) is 1. The van der Waals surface area contributed by atoms with Crippen LogP contribution in [0.4, 0.5) is 0 Å². The van der Waals surface area contributed by atoms with Gasteiger partial charge in [-0.25, -0.2) is 9.88 Å². The van der Waals surface area contributed by atoms with E-state index in [0.717, 1.165) is 33.5 Å². The summed E-state index contributed by atoms with van der Waals surface area (Å²) in [6.07, 6.45) is 5.96. The van der Waals surface area contributed by atoms with E-state index < -0.39 is 0 Å². The number of H-pyrrole nitrogens is 1. The van der Waals surface area contributed by atoms with Gasteiger partial charge in [-0.15, -0.1) is 0 Å². The maximum Gasteiger partial charge on any atom is 0.204 e. The second kappa shape index (κ2) is 6.26. The molecule has 4 aromatic rings. The SMILES string of the molecule is CN=C(N)N(C#N)Cc1nc2ccccn2c1-c1ccc2[nH]ccc2c1. The molecule has 0 aliphatic heterocycles. The molecule has 0 atom stereocenters. The fourth-order valence-electron chi connectivity index (χ4n) is 3.10. The van der Waals surface area contributed by atoms with Crippen molar-refractivity contribution in [2.75, 3.05) is 7.05 Å². The van der Waals surface area contributed by atoms with Crippen LogP contribution in [0, 0.1) is 11.5 Å². The van der Waals surface area contributed by atoms with Gasteiger partial charge in [-0.1, -0.05) is 12.1 Å². The van der Waals surface area contributed by atoms with E-state index in [9.17, 15) is 5.26 Å². The van der Waals surface area contributed by atoms with Gasteiger partial charge in [0.1, 0.15) is 5.65 Å². The summed E-state index contributed by atoms with van der Waals surface area (Å²) in [6.45, 7) is 0.252. The minimum atomic E-state index is 0.164. The van der Waals surface area contributed by atoms with Crippen LogP contribution >= 0.6 is 0 Å². The number of benzene rings is 1. The summed E-state index contributed by atoms with van der Waals surface area (Å²) >= 11 is 0. The molecule has 3 N–H and O–H groups in total. The average molecular weight is 343 g/mol. The van der Waals surface area contributed by atoms with Crippen LogP contribution in [-0.4, -0.2) is 32.3 Å². The first-order chi connectivity index (χ1) is 12.7. The maximum atomic E-state index is 9.42. The molecule has 1 aromatic carbocycles. The van der Waals surface area contributed by atoms with E-state index in [1.54, 1.807) is 7.05 Å². The maximum absolute atomic E-state index is 9.42. The topological polar surface area (TPSA) is 98.5 Å². The molecule has 7 heteroatoms. The van der Waals surface area contributed by atoms with Crippen LogP contribution in [0.5, 0.6) is 0 Å². The Morgan fingerprint density at radius 3 is 3.04 bits per heavy atom. The molecule has 0 saturated carbocycles. The first-order valence-electron chi connectivity index (χ1n) is 8.14. The number of pyridine rings is 1. The molecule has 128 valence electrons. The van der Waals surface area contributed by atoms with Gasteiger partial charge >= 0.3 is 0 Å². The summed E-state index contributed by atoms with van der Waals surface area (Å²) in [5, 5.41) is 10.5. The van der Waals surface area contributed by atoms with Gasteiger partial charge in [0.2, 0.25) is 5.96 Å². The molecule has 0 fully saturated rings. The molecule has 0 saturated heterocycles. The summed E-state index contributed by atoms with van der Waals surface area (Å²) in [5.41, 5.74) is 10.4. The molecule has 0 unspecified atom stereocenters. The Morgan fingerprint density at radius 2 is 2.23 bits per heavy atom. The highest BCUT2D eigenvalue weighted by Crippen LogP contribution is 2.29. The lowest BCUT2D eigenvalue weighted by Crippen LogP contribution is -2.33. The van der Waals surface area contributed by atoms with Crippen molar-refractivity contribution in [2.24, 2.45) is 10.7 Å². The van der Waals surface area contributed by atoms with E-state index in [1.807, 2.05) is 53.2 Å². The molecule has 0 bridgehead atoms. The fourth-order valence-corrected chi connectivity index (χ4v) is 3.10. The number of aliphatic imine (C=N–C) groups is 1. The predicted octanol–water partition coefficient (Wildman–Crippen LogP) is 2.71. The van der Waals surface area contributed by atoms with Gasteiger partial charge in [-0.3, -0.25) is 9.39 Å². The third kappa shape index (κ3) is 2.54. The van der Waals surface area contributed by atoms with Crippen LogP contribution in [0.2, 0.25) is 0 Å². The smallest absolute Gasteiger partial charge is 0.204 e. The monoisotopic (exact) mass is 343 g/mol. The summed E-state index contributed by atoms with van der Waals surface area (Å²) < 4.78 is 2.03. The highest BCUT2D eigenvalue weighted by molar-refractivity contribution is 5.85. The Morgan fingerprint density at radius 1 is 1.35 bits per heavy atom. The number of aromatic nitrogens is 3. The molecular formula is C19H17N7. The minimum Gasteiger partial charge on any atom is -0.369 e. The molecule has 3 aromatic heterocycles. The minimum absolute atomic E-state index is 0.164. The number of nitrogens with zero attached hydrogens (tertiary/aromatic N) is 5. The summed E-state index contributed by atoms with van der Waals surface area (Å²) in [6, 6.07) is 14.1. The summed E-state index contributed by atoms with van der Waals surface area (Å²) in [4.78, 5) is 13.2. The van der Waals surface area contributed by atoms with Gasteiger partial charge in [-0.05, 0) is 30.3 Å². The number of aromatic amines is 1. The van der Waals surface area contributed by atoms with Gasteiger partial charge in [-0.2, -0.15) is 5.26 Å². The molecule has 0 aliphatic carbocycles. The van der Waals surface area contributed by atoms with Crippen LogP contribution in [0.1, 0.15) is 5.69 Å². The fraction of sp³-hybridized carbons (Fsp3) is 0.105. The number of rotatable bonds is 3. The molecule has 0 aliphatic rings. The largest absolute Gasteiger partial charge is 0.369 e. The van der Waals surface area contributed by atoms with Gasteiger partial charge in [0.15, 0.2) is 6.19 Å². The van der Waals surface area contributed by atoms with Crippen molar-refractivity contribution >= 4 is 22.5 Å². The van der Waals surface area contributed by atoms with Crippen molar-refractivity contribution in [1.82, 2.24) is 19.3 Å². The number of fused-ring (bicyclic) bond motifs is 2. The standard InChI is InChI=1S/C19H17N7/c1-22-19(21)25(12-20)11-16-18(26-9-3-2-4-17(26)24-16)14-5-6-15-13(10-14)7-8-23-15/h2-10,23H,11H2,1H3,(H2,21,22). The van der Waals surface area contributed by atoms with Crippen LogP contribution in [0.3, 0.4) is 0 Å². The van der Waals surface area contributed by atoms with Crippen LogP contribution in [-0.2, 0) is 6.54 Å². The normalized spacial score (nSPS) is 11.8. The zero-order valence-corrected chi connectivity index (χ0v) is 14.2. The number of hydrogen-bond donors (Lipinski definition) is 2. The summed E-state index contributed by atoms with van der Waals surface area (Å²) in [7, 11) is 1.56. The van der Waals surface area contributed by atoms with E-state index in [1.165, 1.54) is 4.90 Å². The van der Waals surface area contributed by atoms with Gasteiger partial charge in [0, 0.05) is 35.9 Å². The third-order valence-electron chi connectivity index (χ3n) is 4.36. The lowest BCUT2D eigenvalue weighted by atomic mass is 10.1. The Balaban J connectivity index is 1.90. The first kappa shape index (κ1) is 15.7. The van der Waals surface area contributed by atoms with Gasteiger partial charge in [0.25, 0.3) is 0 Å².